The minimum atomic E-state index is 0.203. The molecule has 0 amide bonds. The van der Waals surface area contributed by atoms with Crippen LogP contribution < -0.4 is 0 Å². The molecular weight excluding hydrogens is 178 g/mol. The molecule has 0 aliphatic rings. The lowest BCUT2D eigenvalue weighted by atomic mass is 10.6. The van der Waals surface area contributed by atoms with Crippen LogP contribution in [0.15, 0.2) is 12.4 Å². The van der Waals surface area contributed by atoms with Gasteiger partial charge < -0.3 is 0 Å². The third-order valence-corrected chi connectivity index (χ3v) is 1.65. The van der Waals surface area contributed by atoms with Crippen molar-refractivity contribution in [3.05, 3.63) is 23.4 Å². The second kappa shape index (κ2) is 2.43. The van der Waals surface area contributed by atoms with E-state index < -0.39 is 0 Å². The molecule has 2 rings (SSSR count). The molecule has 0 aromatic carbocycles. The van der Waals surface area contributed by atoms with Crippen LogP contribution in [0.25, 0.3) is 5.65 Å². The smallest absolute Gasteiger partial charge is 0.239 e. The molecule has 5 nitrogen and oxygen atoms in total. The first-order chi connectivity index (χ1) is 5.83. The Morgan fingerprint density at radius 2 is 2.33 bits per heavy atom. The van der Waals surface area contributed by atoms with Gasteiger partial charge in [-0.25, -0.2) is 4.98 Å². The quantitative estimate of drug-likeness (QED) is 0.596. The van der Waals surface area contributed by atoms with Gasteiger partial charge >= 0.3 is 0 Å². The molecular formula is C6H2ClN5. The molecule has 2 heterocycles. The average molecular weight is 180 g/mol. The van der Waals surface area contributed by atoms with Gasteiger partial charge in [-0.1, -0.05) is 11.6 Å². The van der Waals surface area contributed by atoms with Crippen molar-refractivity contribution < 1.29 is 0 Å². The molecule has 0 aliphatic heterocycles. The predicted molar refractivity (Wildman–Crippen MR) is 40.5 cm³/mol. The molecule has 0 fully saturated rings. The summed E-state index contributed by atoms with van der Waals surface area (Å²) in [5.74, 6) is 0.203. The normalized spacial score (nSPS) is 10.0. The van der Waals surface area contributed by atoms with E-state index in [4.69, 9.17) is 16.9 Å². The molecule has 0 unspecified atom stereocenters. The van der Waals surface area contributed by atoms with Crippen molar-refractivity contribution in [2.45, 2.75) is 0 Å². The van der Waals surface area contributed by atoms with E-state index in [1.807, 2.05) is 6.07 Å². The van der Waals surface area contributed by atoms with Gasteiger partial charge in [0.2, 0.25) is 5.82 Å². The fourth-order valence-corrected chi connectivity index (χ4v) is 1.06. The molecule has 6 heteroatoms. The number of nitriles is 1. The first kappa shape index (κ1) is 7.00. The number of hydrogen-bond acceptors (Lipinski definition) is 4. The molecule has 0 radical (unpaired) electrons. The summed E-state index contributed by atoms with van der Waals surface area (Å²) in [5.41, 5.74) is 0.399. The van der Waals surface area contributed by atoms with Gasteiger partial charge in [-0.15, -0.1) is 10.2 Å². The summed E-state index contributed by atoms with van der Waals surface area (Å²) in [6.45, 7) is 0. The summed E-state index contributed by atoms with van der Waals surface area (Å²) < 4.78 is 1.48. The summed E-state index contributed by atoms with van der Waals surface area (Å²) >= 11 is 5.68. The molecule has 12 heavy (non-hydrogen) atoms. The van der Waals surface area contributed by atoms with Gasteiger partial charge in [-0.2, -0.15) is 5.26 Å². The third kappa shape index (κ3) is 0.822. The highest BCUT2D eigenvalue weighted by molar-refractivity contribution is 6.32. The third-order valence-electron chi connectivity index (χ3n) is 1.38. The Bertz CT molecular complexity index is 468. The van der Waals surface area contributed by atoms with Crippen LogP contribution in [0.3, 0.4) is 0 Å². The number of hydrogen-bond donors (Lipinski definition) is 0. The number of fused-ring (bicyclic) bond motifs is 1. The van der Waals surface area contributed by atoms with E-state index >= 15 is 0 Å². The van der Waals surface area contributed by atoms with Gasteiger partial charge in [0.15, 0.2) is 10.8 Å². The topological polar surface area (TPSA) is 66.9 Å². The zero-order valence-electron chi connectivity index (χ0n) is 5.77. The molecule has 2 aromatic rings. The fraction of sp³-hybridized carbons (Fsp3) is 0. The van der Waals surface area contributed by atoms with Crippen LogP contribution >= 0.6 is 11.6 Å². The average Bonchev–Trinajstić information content (AvgIpc) is 2.49. The molecule has 0 bridgehead atoms. The maximum absolute atomic E-state index is 8.58. The van der Waals surface area contributed by atoms with Crippen molar-refractivity contribution in [2.24, 2.45) is 0 Å². The summed E-state index contributed by atoms with van der Waals surface area (Å²) in [6, 6.07) is 1.88. The highest BCUT2D eigenvalue weighted by Gasteiger charge is 2.06. The molecule has 58 valence electrons. The Labute approximate surface area is 72.2 Å². The van der Waals surface area contributed by atoms with E-state index in [-0.39, 0.29) is 11.0 Å². The van der Waals surface area contributed by atoms with Crippen molar-refractivity contribution in [1.29, 1.82) is 5.26 Å². The Morgan fingerprint density at radius 3 is 3.08 bits per heavy atom. The Hall–Kier alpha value is -1.67. The van der Waals surface area contributed by atoms with Gasteiger partial charge in [0.25, 0.3) is 0 Å². The van der Waals surface area contributed by atoms with Crippen molar-refractivity contribution in [2.75, 3.05) is 0 Å². The van der Waals surface area contributed by atoms with Crippen molar-refractivity contribution >= 4 is 17.2 Å². The van der Waals surface area contributed by atoms with Gasteiger partial charge in [0, 0.05) is 12.4 Å². The second-order valence-corrected chi connectivity index (χ2v) is 2.41. The van der Waals surface area contributed by atoms with Crippen molar-refractivity contribution in [3.63, 3.8) is 0 Å². The lowest BCUT2D eigenvalue weighted by Crippen LogP contribution is -1.89. The summed E-state index contributed by atoms with van der Waals surface area (Å²) in [7, 11) is 0. The molecule has 0 atom stereocenters. The van der Waals surface area contributed by atoms with E-state index in [0.717, 1.165) is 0 Å². The largest absolute Gasteiger partial charge is 0.270 e. The molecule has 0 spiro atoms. The SMILES string of the molecule is N#Cc1nnc2c(Cl)nccn12. The minimum Gasteiger partial charge on any atom is -0.270 e. The monoisotopic (exact) mass is 179 g/mol. The Balaban J connectivity index is 2.91. The highest BCUT2D eigenvalue weighted by atomic mass is 35.5. The van der Waals surface area contributed by atoms with E-state index in [1.165, 1.54) is 10.6 Å². The minimum absolute atomic E-state index is 0.203. The summed E-state index contributed by atoms with van der Waals surface area (Å²) in [6.07, 6.45) is 3.07. The van der Waals surface area contributed by atoms with E-state index in [0.29, 0.717) is 5.65 Å². The second-order valence-electron chi connectivity index (χ2n) is 2.05. The molecule has 2 aromatic heterocycles. The van der Waals surface area contributed by atoms with Crippen molar-refractivity contribution in [3.8, 4) is 6.07 Å². The zero-order valence-corrected chi connectivity index (χ0v) is 6.52. The number of rotatable bonds is 0. The van der Waals surface area contributed by atoms with Crippen LogP contribution in [-0.4, -0.2) is 19.6 Å². The Morgan fingerprint density at radius 1 is 1.50 bits per heavy atom. The van der Waals surface area contributed by atoms with Crippen LogP contribution in [0.1, 0.15) is 5.82 Å². The molecule has 0 aliphatic carbocycles. The van der Waals surface area contributed by atoms with Gasteiger partial charge in [-0.3, -0.25) is 4.40 Å². The fourth-order valence-electron chi connectivity index (χ4n) is 0.873. The molecule has 0 saturated heterocycles. The van der Waals surface area contributed by atoms with Crippen LogP contribution in [0.5, 0.6) is 0 Å². The lowest BCUT2D eigenvalue weighted by Gasteiger charge is -1.91. The van der Waals surface area contributed by atoms with Gasteiger partial charge in [0.1, 0.15) is 6.07 Å². The zero-order chi connectivity index (χ0) is 8.55. The van der Waals surface area contributed by atoms with E-state index in [2.05, 4.69) is 15.2 Å². The number of aromatic nitrogens is 4. The predicted octanol–water partition coefficient (Wildman–Crippen LogP) is 0.649. The lowest BCUT2D eigenvalue weighted by molar-refractivity contribution is 1.05. The van der Waals surface area contributed by atoms with E-state index in [9.17, 15) is 0 Å². The van der Waals surface area contributed by atoms with Crippen LogP contribution in [-0.2, 0) is 0 Å². The van der Waals surface area contributed by atoms with Crippen LogP contribution in [0, 0.1) is 11.3 Å². The van der Waals surface area contributed by atoms with Crippen LogP contribution in [0.2, 0.25) is 5.15 Å². The van der Waals surface area contributed by atoms with E-state index in [1.54, 1.807) is 6.20 Å². The number of nitrogens with zero attached hydrogens (tertiary/aromatic N) is 5. The standard InChI is InChI=1S/C6H2ClN5/c7-5-6-11-10-4(3-8)12(6)2-1-9-5/h1-2H. The summed E-state index contributed by atoms with van der Waals surface area (Å²) in [5, 5.41) is 16.1. The van der Waals surface area contributed by atoms with Gasteiger partial charge in [0.05, 0.1) is 0 Å². The Kier molecular flexibility index (Phi) is 1.42. The summed E-state index contributed by atoms with van der Waals surface area (Å²) in [4.78, 5) is 3.79. The van der Waals surface area contributed by atoms with Crippen LogP contribution in [0.4, 0.5) is 0 Å². The highest BCUT2D eigenvalue weighted by Crippen LogP contribution is 2.11. The van der Waals surface area contributed by atoms with Gasteiger partial charge in [-0.05, 0) is 0 Å². The molecule has 0 saturated carbocycles. The molecule has 0 N–H and O–H groups in total. The number of halogens is 1. The van der Waals surface area contributed by atoms with Crippen molar-refractivity contribution in [1.82, 2.24) is 19.6 Å². The first-order valence-corrected chi connectivity index (χ1v) is 3.46. The first-order valence-electron chi connectivity index (χ1n) is 3.08. The maximum Gasteiger partial charge on any atom is 0.239 e. The maximum atomic E-state index is 8.58.